The van der Waals surface area contributed by atoms with Crippen LogP contribution in [0, 0.1) is 6.92 Å². The van der Waals surface area contributed by atoms with Gasteiger partial charge in [0.25, 0.3) is 0 Å². The van der Waals surface area contributed by atoms with Gasteiger partial charge in [-0.05, 0) is 30.7 Å². The molecule has 0 spiro atoms. The van der Waals surface area contributed by atoms with Crippen molar-refractivity contribution in [3.8, 4) is 11.4 Å². The van der Waals surface area contributed by atoms with E-state index in [2.05, 4.69) is 15.5 Å². The summed E-state index contributed by atoms with van der Waals surface area (Å²) in [5.74, 6) is 1.11. The summed E-state index contributed by atoms with van der Waals surface area (Å²) in [7, 11) is 1.68. The van der Waals surface area contributed by atoms with Crippen LogP contribution in [-0.2, 0) is 4.74 Å². The maximum Gasteiger partial charge on any atom is 0.243 e. The van der Waals surface area contributed by atoms with E-state index in [0.29, 0.717) is 18.3 Å². The fourth-order valence-electron chi connectivity index (χ4n) is 1.66. The SMILES string of the molecule is COCCCC(N)c1nc(-c2cscc2C)no1. The summed E-state index contributed by atoms with van der Waals surface area (Å²) in [6, 6.07) is -0.222. The van der Waals surface area contributed by atoms with Crippen LogP contribution in [0.1, 0.15) is 30.3 Å². The largest absolute Gasteiger partial charge is 0.385 e. The lowest BCUT2D eigenvalue weighted by molar-refractivity contribution is 0.188. The Kier molecular flexibility index (Phi) is 4.46. The second-order valence-electron chi connectivity index (χ2n) is 4.17. The van der Waals surface area contributed by atoms with Crippen LogP contribution in [0.4, 0.5) is 0 Å². The van der Waals surface area contributed by atoms with Crippen LogP contribution in [0.2, 0.25) is 0 Å². The van der Waals surface area contributed by atoms with E-state index in [-0.39, 0.29) is 6.04 Å². The summed E-state index contributed by atoms with van der Waals surface area (Å²) >= 11 is 1.63. The Morgan fingerprint density at radius 1 is 1.50 bits per heavy atom. The van der Waals surface area contributed by atoms with Crippen molar-refractivity contribution >= 4 is 11.3 Å². The molecular formula is C12H17N3O2S. The van der Waals surface area contributed by atoms with E-state index in [1.807, 2.05) is 12.3 Å². The van der Waals surface area contributed by atoms with Gasteiger partial charge in [0.1, 0.15) is 0 Å². The Bertz CT molecular complexity index is 495. The van der Waals surface area contributed by atoms with E-state index in [1.54, 1.807) is 18.4 Å². The number of methoxy groups -OCH3 is 1. The van der Waals surface area contributed by atoms with E-state index in [4.69, 9.17) is 15.0 Å². The number of nitrogens with zero attached hydrogens (tertiary/aromatic N) is 2. The Labute approximate surface area is 110 Å². The van der Waals surface area contributed by atoms with Gasteiger partial charge in [0.05, 0.1) is 6.04 Å². The molecule has 2 heterocycles. The van der Waals surface area contributed by atoms with Gasteiger partial charge in [-0.25, -0.2) is 0 Å². The fraction of sp³-hybridized carbons (Fsp3) is 0.500. The Morgan fingerprint density at radius 3 is 3.00 bits per heavy atom. The molecule has 0 aliphatic rings. The molecule has 2 aromatic heterocycles. The lowest BCUT2D eigenvalue weighted by Crippen LogP contribution is -2.11. The average molecular weight is 267 g/mol. The van der Waals surface area contributed by atoms with E-state index in [1.165, 1.54) is 0 Å². The van der Waals surface area contributed by atoms with Crippen molar-refractivity contribution in [3.63, 3.8) is 0 Å². The molecule has 2 aromatic rings. The van der Waals surface area contributed by atoms with E-state index in [0.717, 1.165) is 24.0 Å². The smallest absolute Gasteiger partial charge is 0.243 e. The Hall–Kier alpha value is -1.24. The minimum atomic E-state index is -0.222. The van der Waals surface area contributed by atoms with Crippen LogP contribution in [0.5, 0.6) is 0 Å². The number of nitrogens with two attached hydrogens (primary N) is 1. The third-order valence-electron chi connectivity index (χ3n) is 2.72. The van der Waals surface area contributed by atoms with Crippen molar-refractivity contribution in [1.29, 1.82) is 0 Å². The van der Waals surface area contributed by atoms with Gasteiger partial charge in [-0.15, -0.1) is 0 Å². The number of hydrogen-bond acceptors (Lipinski definition) is 6. The Balaban J connectivity index is 2.04. The zero-order valence-corrected chi connectivity index (χ0v) is 11.4. The minimum Gasteiger partial charge on any atom is -0.385 e. The zero-order chi connectivity index (χ0) is 13.0. The van der Waals surface area contributed by atoms with Gasteiger partial charge < -0.3 is 15.0 Å². The third kappa shape index (κ3) is 2.95. The van der Waals surface area contributed by atoms with Gasteiger partial charge in [-0.3, -0.25) is 0 Å². The highest BCUT2D eigenvalue weighted by Gasteiger charge is 2.16. The first kappa shape index (κ1) is 13.2. The molecule has 1 atom stereocenters. The molecule has 0 aliphatic carbocycles. The van der Waals surface area contributed by atoms with Crippen LogP contribution in [0.3, 0.4) is 0 Å². The van der Waals surface area contributed by atoms with Crippen molar-refractivity contribution in [2.24, 2.45) is 5.73 Å². The maximum absolute atomic E-state index is 5.99. The molecule has 0 aliphatic heterocycles. The number of ether oxygens (including phenoxy) is 1. The number of hydrogen-bond donors (Lipinski definition) is 1. The van der Waals surface area contributed by atoms with Gasteiger partial charge in [-0.2, -0.15) is 16.3 Å². The lowest BCUT2D eigenvalue weighted by Gasteiger charge is -2.04. The van der Waals surface area contributed by atoms with Crippen molar-refractivity contribution in [2.45, 2.75) is 25.8 Å². The minimum absolute atomic E-state index is 0.222. The first-order chi connectivity index (χ1) is 8.72. The molecule has 2 rings (SSSR count). The molecule has 0 saturated heterocycles. The molecule has 1 unspecified atom stereocenters. The molecule has 0 bridgehead atoms. The molecule has 0 radical (unpaired) electrons. The second-order valence-corrected chi connectivity index (χ2v) is 4.91. The monoisotopic (exact) mass is 267 g/mol. The van der Waals surface area contributed by atoms with Crippen LogP contribution in [0.15, 0.2) is 15.3 Å². The van der Waals surface area contributed by atoms with Crippen molar-refractivity contribution in [3.05, 3.63) is 22.2 Å². The highest BCUT2D eigenvalue weighted by atomic mass is 32.1. The summed E-state index contributed by atoms with van der Waals surface area (Å²) in [6.45, 7) is 2.72. The van der Waals surface area contributed by atoms with Gasteiger partial charge >= 0.3 is 0 Å². The summed E-state index contributed by atoms with van der Waals surface area (Å²) in [6.07, 6.45) is 1.66. The summed E-state index contributed by atoms with van der Waals surface area (Å²) in [5.41, 5.74) is 8.16. The predicted octanol–water partition coefficient (Wildman–Crippen LogP) is 2.53. The number of rotatable bonds is 6. The third-order valence-corrected chi connectivity index (χ3v) is 3.58. The predicted molar refractivity (Wildman–Crippen MR) is 70.4 cm³/mol. The molecule has 0 fully saturated rings. The standard InChI is InChI=1S/C12H17N3O2S/c1-8-6-18-7-9(8)11-14-12(17-15-11)10(13)4-3-5-16-2/h6-7,10H,3-5,13H2,1-2H3. The summed E-state index contributed by atoms with van der Waals surface area (Å²) in [5, 5.41) is 8.05. The molecule has 2 N–H and O–H groups in total. The Morgan fingerprint density at radius 2 is 2.33 bits per heavy atom. The van der Waals surface area contributed by atoms with Crippen LogP contribution in [-0.4, -0.2) is 23.9 Å². The molecule has 0 amide bonds. The first-order valence-corrected chi connectivity index (χ1v) is 6.78. The number of aromatic nitrogens is 2. The molecule has 6 heteroatoms. The molecular weight excluding hydrogens is 250 g/mol. The molecule has 98 valence electrons. The van der Waals surface area contributed by atoms with Crippen LogP contribution < -0.4 is 5.73 Å². The first-order valence-electron chi connectivity index (χ1n) is 5.83. The van der Waals surface area contributed by atoms with Crippen LogP contribution >= 0.6 is 11.3 Å². The van der Waals surface area contributed by atoms with Gasteiger partial charge in [-0.1, -0.05) is 5.16 Å². The average Bonchev–Trinajstić information content (AvgIpc) is 2.97. The van der Waals surface area contributed by atoms with E-state index in [9.17, 15) is 0 Å². The lowest BCUT2D eigenvalue weighted by atomic mass is 10.2. The number of thiophene rings is 1. The van der Waals surface area contributed by atoms with E-state index >= 15 is 0 Å². The fourth-order valence-corrected chi connectivity index (χ4v) is 2.48. The molecule has 18 heavy (non-hydrogen) atoms. The highest BCUT2D eigenvalue weighted by Crippen LogP contribution is 2.25. The second kappa shape index (κ2) is 6.08. The van der Waals surface area contributed by atoms with Crippen molar-refractivity contribution < 1.29 is 9.26 Å². The maximum atomic E-state index is 5.99. The van der Waals surface area contributed by atoms with Gasteiger partial charge in [0.15, 0.2) is 0 Å². The summed E-state index contributed by atoms with van der Waals surface area (Å²) < 4.78 is 10.2. The molecule has 5 nitrogen and oxygen atoms in total. The zero-order valence-electron chi connectivity index (χ0n) is 10.5. The van der Waals surface area contributed by atoms with Gasteiger partial charge in [0.2, 0.25) is 11.7 Å². The number of aryl methyl sites for hydroxylation is 1. The van der Waals surface area contributed by atoms with Crippen molar-refractivity contribution in [2.75, 3.05) is 13.7 Å². The molecule has 0 aromatic carbocycles. The normalized spacial score (nSPS) is 12.8. The van der Waals surface area contributed by atoms with E-state index < -0.39 is 0 Å². The van der Waals surface area contributed by atoms with Crippen molar-refractivity contribution in [1.82, 2.24) is 10.1 Å². The highest BCUT2D eigenvalue weighted by molar-refractivity contribution is 7.08. The van der Waals surface area contributed by atoms with Gasteiger partial charge in [0, 0.05) is 24.7 Å². The van der Waals surface area contributed by atoms with Crippen LogP contribution in [0.25, 0.3) is 11.4 Å². The summed E-state index contributed by atoms with van der Waals surface area (Å²) in [4.78, 5) is 4.36. The quantitative estimate of drug-likeness (QED) is 0.814. The topological polar surface area (TPSA) is 74.2 Å². The molecule has 0 saturated carbocycles.